The highest BCUT2D eigenvalue weighted by Gasteiger charge is 2.22. The van der Waals surface area contributed by atoms with E-state index in [1.54, 1.807) is 0 Å². The van der Waals surface area contributed by atoms with E-state index in [1.807, 2.05) is 6.92 Å². The summed E-state index contributed by atoms with van der Waals surface area (Å²) in [5.74, 6) is -1.35. The molecule has 1 N–H and O–H groups in total. The summed E-state index contributed by atoms with van der Waals surface area (Å²) in [7, 11) is 0. The van der Waals surface area contributed by atoms with E-state index in [2.05, 4.69) is 10.2 Å². The third kappa shape index (κ3) is 4.77. The van der Waals surface area contributed by atoms with E-state index in [4.69, 9.17) is 0 Å². The van der Waals surface area contributed by atoms with Gasteiger partial charge in [0, 0.05) is 18.7 Å². The van der Waals surface area contributed by atoms with Crippen LogP contribution in [0.3, 0.4) is 0 Å². The molecular weight excluding hydrogens is 274 g/mol. The molecule has 3 nitrogen and oxygen atoms in total. The number of benzene rings is 1. The van der Waals surface area contributed by atoms with Gasteiger partial charge in [-0.15, -0.1) is 0 Å². The monoisotopic (exact) mass is 296 g/mol. The zero-order chi connectivity index (χ0) is 15.2. The SMILES string of the molecule is CCN(CC(=O)NCc1cc(F)cc(F)c1)C1CCCC1. The highest BCUT2D eigenvalue weighted by atomic mass is 19.1. The van der Waals surface area contributed by atoms with Crippen molar-refractivity contribution in [2.24, 2.45) is 0 Å². The third-order valence-electron chi connectivity index (χ3n) is 4.01. The lowest BCUT2D eigenvalue weighted by atomic mass is 10.2. The number of amides is 1. The summed E-state index contributed by atoms with van der Waals surface area (Å²) in [6, 6.07) is 3.78. The molecule has 1 saturated carbocycles. The Bertz CT molecular complexity index is 467. The lowest BCUT2D eigenvalue weighted by Crippen LogP contribution is -2.41. The molecule has 0 aliphatic heterocycles. The van der Waals surface area contributed by atoms with Crippen molar-refractivity contribution < 1.29 is 13.6 Å². The van der Waals surface area contributed by atoms with Crippen molar-refractivity contribution in [3.05, 3.63) is 35.4 Å². The molecule has 1 aromatic carbocycles. The maximum atomic E-state index is 13.1. The first-order chi connectivity index (χ1) is 10.1. The van der Waals surface area contributed by atoms with Gasteiger partial charge in [0.25, 0.3) is 0 Å². The van der Waals surface area contributed by atoms with Crippen molar-refractivity contribution in [3.63, 3.8) is 0 Å². The summed E-state index contributed by atoms with van der Waals surface area (Å²) in [6.45, 7) is 3.38. The van der Waals surface area contributed by atoms with E-state index in [-0.39, 0.29) is 12.5 Å². The fourth-order valence-electron chi connectivity index (χ4n) is 2.92. The molecule has 0 aromatic heterocycles. The van der Waals surface area contributed by atoms with E-state index in [1.165, 1.54) is 25.0 Å². The molecule has 1 fully saturated rings. The van der Waals surface area contributed by atoms with E-state index in [0.717, 1.165) is 25.5 Å². The van der Waals surface area contributed by atoms with Crippen LogP contribution in [0.1, 0.15) is 38.2 Å². The second-order valence-electron chi connectivity index (χ2n) is 5.56. The average Bonchev–Trinajstić information content (AvgIpc) is 2.95. The molecule has 0 unspecified atom stereocenters. The Morgan fingerprint density at radius 1 is 1.24 bits per heavy atom. The Hall–Kier alpha value is -1.49. The van der Waals surface area contributed by atoms with Crippen molar-refractivity contribution in [2.45, 2.75) is 45.2 Å². The summed E-state index contributed by atoms with van der Waals surface area (Å²) < 4.78 is 26.1. The molecular formula is C16H22F2N2O. The maximum absolute atomic E-state index is 13.1. The summed E-state index contributed by atoms with van der Waals surface area (Å²) in [5, 5.41) is 2.73. The van der Waals surface area contributed by atoms with Crippen LogP contribution in [-0.2, 0) is 11.3 Å². The van der Waals surface area contributed by atoms with Gasteiger partial charge >= 0.3 is 0 Å². The third-order valence-corrected chi connectivity index (χ3v) is 4.01. The van der Waals surface area contributed by atoms with Gasteiger partial charge in [0.15, 0.2) is 0 Å². The van der Waals surface area contributed by atoms with Crippen LogP contribution < -0.4 is 5.32 Å². The lowest BCUT2D eigenvalue weighted by molar-refractivity contribution is -0.122. The van der Waals surface area contributed by atoms with Crippen molar-refractivity contribution >= 4 is 5.91 Å². The Labute approximate surface area is 124 Å². The quantitative estimate of drug-likeness (QED) is 0.875. The number of rotatable bonds is 6. The Balaban J connectivity index is 1.83. The predicted molar refractivity (Wildman–Crippen MR) is 77.7 cm³/mol. The fourth-order valence-corrected chi connectivity index (χ4v) is 2.92. The van der Waals surface area contributed by atoms with Crippen LogP contribution in [0.15, 0.2) is 18.2 Å². The van der Waals surface area contributed by atoms with Gasteiger partial charge in [0.1, 0.15) is 11.6 Å². The second-order valence-corrected chi connectivity index (χ2v) is 5.56. The summed E-state index contributed by atoms with van der Waals surface area (Å²) in [6.07, 6.45) is 4.75. The van der Waals surface area contributed by atoms with Gasteiger partial charge < -0.3 is 5.32 Å². The fraction of sp³-hybridized carbons (Fsp3) is 0.562. The molecule has 0 atom stereocenters. The number of carbonyl (C=O) groups is 1. The maximum Gasteiger partial charge on any atom is 0.234 e. The van der Waals surface area contributed by atoms with Gasteiger partial charge in [-0.05, 0) is 37.1 Å². The van der Waals surface area contributed by atoms with Crippen LogP contribution in [-0.4, -0.2) is 29.9 Å². The Kier molecular flexibility index (Phi) is 5.67. The Morgan fingerprint density at radius 3 is 2.43 bits per heavy atom. The zero-order valence-electron chi connectivity index (χ0n) is 12.4. The molecule has 1 aliphatic carbocycles. The number of nitrogens with zero attached hydrogens (tertiary/aromatic N) is 1. The number of hydrogen-bond acceptors (Lipinski definition) is 2. The van der Waals surface area contributed by atoms with Gasteiger partial charge in [-0.25, -0.2) is 8.78 Å². The van der Waals surface area contributed by atoms with Crippen molar-refractivity contribution in [1.29, 1.82) is 0 Å². The first-order valence-corrected chi connectivity index (χ1v) is 7.54. The first kappa shape index (κ1) is 15.9. The minimum absolute atomic E-state index is 0.103. The topological polar surface area (TPSA) is 32.3 Å². The first-order valence-electron chi connectivity index (χ1n) is 7.54. The van der Waals surface area contributed by atoms with Crippen molar-refractivity contribution in [1.82, 2.24) is 10.2 Å². The van der Waals surface area contributed by atoms with Crippen LogP contribution in [0.25, 0.3) is 0 Å². The standard InChI is InChI=1S/C16H22F2N2O/c1-2-20(15-5-3-4-6-15)11-16(21)19-10-12-7-13(17)9-14(18)8-12/h7-9,15H,2-6,10-11H2,1H3,(H,19,21). The minimum Gasteiger partial charge on any atom is -0.351 e. The number of hydrogen-bond donors (Lipinski definition) is 1. The van der Waals surface area contributed by atoms with Crippen LogP contribution in [0, 0.1) is 11.6 Å². The molecule has 21 heavy (non-hydrogen) atoms. The van der Waals surface area contributed by atoms with Gasteiger partial charge in [0.2, 0.25) is 5.91 Å². The molecule has 1 aliphatic rings. The number of halogens is 2. The molecule has 0 radical (unpaired) electrons. The summed E-state index contributed by atoms with van der Waals surface area (Å²) in [5.41, 5.74) is 0.435. The molecule has 0 bridgehead atoms. The minimum atomic E-state index is -0.625. The molecule has 1 aromatic rings. The smallest absolute Gasteiger partial charge is 0.234 e. The van der Waals surface area contributed by atoms with Gasteiger partial charge in [0.05, 0.1) is 6.54 Å². The van der Waals surface area contributed by atoms with Crippen LogP contribution in [0.2, 0.25) is 0 Å². The second kappa shape index (κ2) is 7.50. The highest BCUT2D eigenvalue weighted by molar-refractivity contribution is 5.78. The molecule has 5 heteroatoms. The van der Waals surface area contributed by atoms with Gasteiger partial charge in [-0.3, -0.25) is 9.69 Å². The lowest BCUT2D eigenvalue weighted by Gasteiger charge is -2.26. The summed E-state index contributed by atoms with van der Waals surface area (Å²) in [4.78, 5) is 14.1. The Morgan fingerprint density at radius 2 is 1.86 bits per heavy atom. The van der Waals surface area contributed by atoms with Gasteiger partial charge in [-0.1, -0.05) is 19.8 Å². The van der Waals surface area contributed by atoms with Crippen LogP contribution in [0.4, 0.5) is 8.78 Å². The number of nitrogens with one attached hydrogen (secondary N) is 1. The molecule has 0 spiro atoms. The van der Waals surface area contributed by atoms with Crippen LogP contribution in [0.5, 0.6) is 0 Å². The van der Waals surface area contributed by atoms with Gasteiger partial charge in [-0.2, -0.15) is 0 Å². The molecule has 1 amide bonds. The van der Waals surface area contributed by atoms with E-state index in [9.17, 15) is 13.6 Å². The van der Waals surface area contributed by atoms with Crippen molar-refractivity contribution in [3.8, 4) is 0 Å². The summed E-state index contributed by atoms with van der Waals surface area (Å²) >= 11 is 0. The van der Waals surface area contributed by atoms with E-state index < -0.39 is 11.6 Å². The largest absolute Gasteiger partial charge is 0.351 e. The predicted octanol–water partition coefficient (Wildman–Crippen LogP) is 2.85. The van der Waals surface area contributed by atoms with Crippen molar-refractivity contribution in [2.75, 3.05) is 13.1 Å². The zero-order valence-corrected chi connectivity index (χ0v) is 12.4. The average molecular weight is 296 g/mol. The molecule has 0 heterocycles. The highest BCUT2D eigenvalue weighted by Crippen LogP contribution is 2.22. The molecule has 0 saturated heterocycles. The van der Waals surface area contributed by atoms with E-state index in [0.29, 0.717) is 18.2 Å². The van der Waals surface area contributed by atoms with Crippen LogP contribution >= 0.6 is 0 Å². The molecule has 2 rings (SSSR count). The molecule has 116 valence electrons. The van der Waals surface area contributed by atoms with E-state index >= 15 is 0 Å². The number of likely N-dealkylation sites (N-methyl/N-ethyl adjacent to an activating group) is 1. The number of carbonyl (C=O) groups excluding carboxylic acids is 1. The normalized spacial score (nSPS) is 15.6.